The molecule has 5 nitrogen and oxygen atoms in total. The zero-order chi connectivity index (χ0) is 13.8. The number of carbonyl (C=O) groups excluding carboxylic acids is 1. The number of allylic oxidation sites excluding steroid dienone is 3. The number of hydrogen-bond donors (Lipinski definition) is 3. The molecule has 110 valence electrons. The van der Waals surface area contributed by atoms with E-state index < -0.39 is 0 Å². The van der Waals surface area contributed by atoms with E-state index in [1.54, 1.807) is 0 Å². The molecule has 2 fully saturated rings. The highest BCUT2D eigenvalue weighted by atomic mass is 16.2. The number of hydrazine groups is 2. The van der Waals surface area contributed by atoms with Crippen molar-refractivity contribution in [2.45, 2.75) is 44.2 Å². The van der Waals surface area contributed by atoms with Crippen LogP contribution in [0.4, 0.5) is 0 Å². The maximum Gasteiger partial charge on any atom is 0.253 e. The predicted octanol–water partition coefficient (Wildman–Crippen LogP) is 0.871. The Hall–Kier alpha value is -1.17. The van der Waals surface area contributed by atoms with Gasteiger partial charge in [-0.25, -0.2) is 15.9 Å². The third kappa shape index (κ3) is 3.11. The number of nitrogens with one attached hydrogen (secondary N) is 3. The van der Waals surface area contributed by atoms with Gasteiger partial charge in [-0.05, 0) is 25.7 Å². The van der Waals surface area contributed by atoms with Gasteiger partial charge in [-0.3, -0.25) is 10.2 Å². The summed E-state index contributed by atoms with van der Waals surface area (Å²) in [7, 11) is 0. The number of carbonyl (C=O) groups is 1. The zero-order valence-electron chi connectivity index (χ0n) is 11.8. The smallest absolute Gasteiger partial charge is 0.253 e. The number of nitrogens with zero attached hydrogens (tertiary/aromatic N) is 1. The van der Waals surface area contributed by atoms with Crippen LogP contribution in [0, 0.1) is 5.92 Å². The van der Waals surface area contributed by atoms with Crippen LogP contribution in [0.2, 0.25) is 0 Å². The first-order valence-electron chi connectivity index (χ1n) is 7.74. The van der Waals surface area contributed by atoms with E-state index in [4.69, 9.17) is 0 Å². The molecule has 1 aliphatic carbocycles. The van der Waals surface area contributed by atoms with E-state index in [2.05, 4.69) is 45.6 Å². The second-order valence-corrected chi connectivity index (χ2v) is 5.87. The molecule has 0 bridgehead atoms. The van der Waals surface area contributed by atoms with Crippen LogP contribution in [-0.4, -0.2) is 36.1 Å². The molecule has 0 spiro atoms. The van der Waals surface area contributed by atoms with E-state index in [9.17, 15) is 4.79 Å². The fraction of sp³-hybridized carbons (Fsp3) is 0.667. The number of amides is 1. The van der Waals surface area contributed by atoms with Gasteiger partial charge in [0.15, 0.2) is 0 Å². The minimum Gasteiger partial charge on any atom is -0.287 e. The second-order valence-electron chi connectivity index (χ2n) is 5.87. The monoisotopic (exact) mass is 276 g/mol. The summed E-state index contributed by atoms with van der Waals surface area (Å²) in [5.74, 6) is 0.422. The molecule has 3 N–H and O–H groups in total. The van der Waals surface area contributed by atoms with Crippen molar-refractivity contribution in [3.8, 4) is 0 Å². The molecule has 20 heavy (non-hydrogen) atoms. The van der Waals surface area contributed by atoms with Crippen molar-refractivity contribution in [2.24, 2.45) is 5.92 Å². The van der Waals surface area contributed by atoms with Crippen LogP contribution < -0.4 is 16.3 Å². The standard InChI is InChI=1S/C15H24N4O/c20-15(18-19-10-6-3-7-11-19)14-12-8-4-1-2-5-9-13(12)16-17-14/h1-2,5,9,12-14,16-17H,3-4,6-8,10-11H2,(H,18,20). The molecule has 0 aromatic rings. The van der Waals surface area contributed by atoms with Crippen molar-refractivity contribution in [2.75, 3.05) is 13.1 Å². The molecule has 3 rings (SSSR count). The summed E-state index contributed by atoms with van der Waals surface area (Å²) in [6.45, 7) is 1.95. The summed E-state index contributed by atoms with van der Waals surface area (Å²) < 4.78 is 0. The number of rotatable bonds is 2. The van der Waals surface area contributed by atoms with Crippen LogP contribution in [0.5, 0.6) is 0 Å². The lowest BCUT2D eigenvalue weighted by atomic mass is 9.88. The van der Waals surface area contributed by atoms with E-state index >= 15 is 0 Å². The molecule has 0 saturated carbocycles. The van der Waals surface area contributed by atoms with Crippen LogP contribution in [0.1, 0.15) is 32.1 Å². The fourth-order valence-corrected chi connectivity index (χ4v) is 3.28. The van der Waals surface area contributed by atoms with Crippen molar-refractivity contribution < 1.29 is 4.79 Å². The Bertz CT molecular complexity index is 401. The minimum absolute atomic E-state index is 0.102. The summed E-state index contributed by atoms with van der Waals surface area (Å²) in [6, 6.07) is 0.107. The van der Waals surface area contributed by atoms with E-state index in [1.165, 1.54) is 19.3 Å². The van der Waals surface area contributed by atoms with Crippen LogP contribution in [0.25, 0.3) is 0 Å². The molecule has 2 heterocycles. The van der Waals surface area contributed by atoms with E-state index in [-0.39, 0.29) is 18.0 Å². The van der Waals surface area contributed by atoms with Gasteiger partial charge in [-0.15, -0.1) is 0 Å². The SMILES string of the molecule is O=C(NN1CCCCC1)C1NNC2C=CC=CCCC21. The van der Waals surface area contributed by atoms with Gasteiger partial charge in [0.1, 0.15) is 6.04 Å². The molecular weight excluding hydrogens is 252 g/mol. The van der Waals surface area contributed by atoms with Gasteiger partial charge in [0.05, 0.1) is 0 Å². The third-order valence-electron chi connectivity index (χ3n) is 4.43. The van der Waals surface area contributed by atoms with Crippen LogP contribution in [0.3, 0.4) is 0 Å². The lowest BCUT2D eigenvalue weighted by molar-refractivity contribution is -0.129. The first kappa shape index (κ1) is 13.8. The average Bonchev–Trinajstić information content (AvgIpc) is 2.82. The molecule has 2 saturated heterocycles. The summed E-state index contributed by atoms with van der Waals surface area (Å²) >= 11 is 0. The highest BCUT2D eigenvalue weighted by molar-refractivity contribution is 5.82. The Morgan fingerprint density at radius 1 is 1.15 bits per heavy atom. The molecule has 0 radical (unpaired) electrons. The Labute approximate surface area is 120 Å². The maximum atomic E-state index is 12.5. The summed E-state index contributed by atoms with van der Waals surface area (Å²) in [6.07, 6.45) is 14.2. The lowest BCUT2D eigenvalue weighted by Gasteiger charge is -2.29. The molecule has 1 amide bonds. The minimum atomic E-state index is -0.141. The fourth-order valence-electron chi connectivity index (χ4n) is 3.28. The zero-order valence-corrected chi connectivity index (χ0v) is 11.8. The Kier molecular flexibility index (Phi) is 4.50. The highest BCUT2D eigenvalue weighted by Crippen LogP contribution is 2.23. The highest BCUT2D eigenvalue weighted by Gasteiger charge is 2.38. The van der Waals surface area contributed by atoms with Gasteiger partial charge in [-0.2, -0.15) is 0 Å². The van der Waals surface area contributed by atoms with Crippen molar-refractivity contribution in [3.63, 3.8) is 0 Å². The number of piperidine rings is 1. The van der Waals surface area contributed by atoms with Crippen molar-refractivity contribution >= 4 is 5.91 Å². The van der Waals surface area contributed by atoms with Crippen LogP contribution in [-0.2, 0) is 4.79 Å². The molecule has 0 aromatic carbocycles. The van der Waals surface area contributed by atoms with Gasteiger partial charge in [-0.1, -0.05) is 30.7 Å². The predicted molar refractivity (Wildman–Crippen MR) is 78.4 cm³/mol. The lowest BCUT2D eigenvalue weighted by Crippen LogP contribution is -2.53. The summed E-state index contributed by atoms with van der Waals surface area (Å²) in [5.41, 5.74) is 9.50. The molecule has 0 aromatic heterocycles. The Balaban J connectivity index is 1.60. The van der Waals surface area contributed by atoms with E-state index in [1.807, 2.05) is 0 Å². The van der Waals surface area contributed by atoms with Crippen molar-refractivity contribution in [1.29, 1.82) is 0 Å². The quantitative estimate of drug-likeness (QED) is 0.700. The van der Waals surface area contributed by atoms with Crippen LogP contribution >= 0.6 is 0 Å². The third-order valence-corrected chi connectivity index (χ3v) is 4.43. The second kappa shape index (κ2) is 6.52. The molecule has 2 aliphatic heterocycles. The topological polar surface area (TPSA) is 56.4 Å². The van der Waals surface area contributed by atoms with E-state index in [0.29, 0.717) is 5.92 Å². The first-order chi connectivity index (χ1) is 9.84. The van der Waals surface area contributed by atoms with Crippen molar-refractivity contribution in [3.05, 3.63) is 24.3 Å². The van der Waals surface area contributed by atoms with Gasteiger partial charge in [0.2, 0.25) is 0 Å². The Morgan fingerprint density at radius 2 is 2.00 bits per heavy atom. The molecule has 3 atom stereocenters. The van der Waals surface area contributed by atoms with Gasteiger partial charge < -0.3 is 0 Å². The number of fused-ring (bicyclic) bond motifs is 1. The molecule has 5 heteroatoms. The van der Waals surface area contributed by atoms with Crippen molar-refractivity contribution in [1.82, 2.24) is 21.3 Å². The van der Waals surface area contributed by atoms with Crippen LogP contribution in [0.15, 0.2) is 24.3 Å². The molecule has 3 aliphatic rings. The first-order valence-corrected chi connectivity index (χ1v) is 7.74. The van der Waals surface area contributed by atoms with Gasteiger partial charge in [0.25, 0.3) is 5.91 Å². The Morgan fingerprint density at radius 3 is 2.85 bits per heavy atom. The summed E-state index contributed by atoms with van der Waals surface area (Å²) in [5, 5.41) is 2.07. The number of hydrogen-bond acceptors (Lipinski definition) is 4. The normalized spacial score (nSPS) is 34.3. The molecular formula is C15H24N4O. The van der Waals surface area contributed by atoms with Gasteiger partial charge >= 0.3 is 0 Å². The van der Waals surface area contributed by atoms with Gasteiger partial charge in [0, 0.05) is 25.0 Å². The maximum absolute atomic E-state index is 12.5. The summed E-state index contributed by atoms with van der Waals surface area (Å²) in [4.78, 5) is 12.5. The average molecular weight is 276 g/mol. The van der Waals surface area contributed by atoms with E-state index in [0.717, 1.165) is 25.9 Å². The largest absolute Gasteiger partial charge is 0.287 e. The molecule has 3 unspecified atom stereocenters.